The van der Waals surface area contributed by atoms with Gasteiger partial charge < -0.3 is 9.88 Å². The van der Waals surface area contributed by atoms with Crippen molar-refractivity contribution in [1.29, 1.82) is 0 Å². The molecule has 3 nitrogen and oxygen atoms in total. The lowest BCUT2D eigenvalue weighted by Crippen LogP contribution is -2.10. The third kappa shape index (κ3) is 1.95. The summed E-state index contributed by atoms with van der Waals surface area (Å²) in [6, 6.07) is 6.68. The first kappa shape index (κ1) is 10.8. The quantitative estimate of drug-likeness (QED) is 0.854. The van der Waals surface area contributed by atoms with Gasteiger partial charge in [0, 0.05) is 7.05 Å². The highest BCUT2D eigenvalue weighted by Gasteiger charge is 2.15. The zero-order chi connectivity index (χ0) is 11.8. The van der Waals surface area contributed by atoms with E-state index in [1.54, 1.807) is 0 Å². The molecule has 17 heavy (non-hydrogen) atoms. The molecule has 2 aromatic rings. The average Bonchev–Trinajstić information content (AvgIpc) is 2.91. The van der Waals surface area contributed by atoms with Crippen LogP contribution >= 0.6 is 0 Å². The molecule has 0 amide bonds. The van der Waals surface area contributed by atoms with Crippen molar-refractivity contribution in [3.05, 3.63) is 29.6 Å². The fourth-order valence-corrected chi connectivity index (χ4v) is 2.70. The molecule has 1 saturated heterocycles. The van der Waals surface area contributed by atoms with Gasteiger partial charge in [0.15, 0.2) is 0 Å². The van der Waals surface area contributed by atoms with Crippen molar-refractivity contribution in [1.82, 2.24) is 14.9 Å². The number of imidazole rings is 1. The lowest BCUT2D eigenvalue weighted by Gasteiger charge is -2.08. The lowest BCUT2D eigenvalue weighted by atomic mass is 9.98. The Balaban J connectivity index is 1.92. The van der Waals surface area contributed by atoms with E-state index in [1.165, 1.54) is 37.0 Å². The molecule has 3 heteroatoms. The lowest BCUT2D eigenvalue weighted by molar-refractivity contribution is 0.580. The SMILES string of the molecule is Cc1nc2ccc(CC3CCNC3)cc2n1C. The van der Waals surface area contributed by atoms with Crippen LogP contribution in [0.15, 0.2) is 18.2 Å². The number of rotatable bonds is 2. The molecule has 0 bridgehead atoms. The Bertz CT molecular complexity index is 536. The van der Waals surface area contributed by atoms with Crippen LogP contribution in [0.2, 0.25) is 0 Å². The molecule has 1 aliphatic heterocycles. The first-order valence-electron chi connectivity index (χ1n) is 6.37. The smallest absolute Gasteiger partial charge is 0.106 e. The van der Waals surface area contributed by atoms with Gasteiger partial charge in [0.2, 0.25) is 0 Å². The van der Waals surface area contributed by atoms with Crippen LogP contribution in [0.1, 0.15) is 17.8 Å². The van der Waals surface area contributed by atoms with Crippen molar-refractivity contribution >= 4 is 11.0 Å². The van der Waals surface area contributed by atoms with E-state index in [2.05, 4.69) is 47.0 Å². The summed E-state index contributed by atoms with van der Waals surface area (Å²) < 4.78 is 2.17. The summed E-state index contributed by atoms with van der Waals surface area (Å²) in [4.78, 5) is 4.54. The molecule has 1 fully saturated rings. The Labute approximate surface area is 102 Å². The summed E-state index contributed by atoms with van der Waals surface area (Å²) in [5.41, 5.74) is 3.80. The molecule has 2 heterocycles. The number of benzene rings is 1. The minimum absolute atomic E-state index is 0.807. The van der Waals surface area contributed by atoms with Crippen LogP contribution in [0.4, 0.5) is 0 Å². The Morgan fingerprint density at radius 2 is 2.35 bits per heavy atom. The molecule has 0 spiro atoms. The van der Waals surface area contributed by atoms with E-state index >= 15 is 0 Å². The van der Waals surface area contributed by atoms with Crippen LogP contribution in [0, 0.1) is 12.8 Å². The summed E-state index contributed by atoms with van der Waals surface area (Å²) in [5.74, 6) is 1.89. The first-order chi connectivity index (χ1) is 8.24. The third-order valence-electron chi connectivity index (χ3n) is 3.86. The largest absolute Gasteiger partial charge is 0.331 e. The molecule has 1 aliphatic rings. The van der Waals surface area contributed by atoms with Gasteiger partial charge in [-0.25, -0.2) is 4.98 Å². The molecule has 3 rings (SSSR count). The van der Waals surface area contributed by atoms with Gasteiger partial charge in [-0.15, -0.1) is 0 Å². The van der Waals surface area contributed by atoms with E-state index in [1.807, 2.05) is 0 Å². The molecule has 1 N–H and O–H groups in total. The number of aromatic nitrogens is 2. The predicted octanol–water partition coefficient (Wildman–Crippen LogP) is 2.03. The minimum Gasteiger partial charge on any atom is -0.331 e. The number of fused-ring (bicyclic) bond motifs is 1. The maximum Gasteiger partial charge on any atom is 0.106 e. The van der Waals surface area contributed by atoms with Crippen molar-refractivity contribution in [2.45, 2.75) is 19.8 Å². The van der Waals surface area contributed by atoms with Crippen molar-refractivity contribution in [3.63, 3.8) is 0 Å². The van der Waals surface area contributed by atoms with Gasteiger partial charge >= 0.3 is 0 Å². The van der Waals surface area contributed by atoms with E-state index in [0.29, 0.717) is 0 Å². The number of nitrogens with one attached hydrogen (secondary N) is 1. The predicted molar refractivity (Wildman–Crippen MR) is 70.1 cm³/mol. The van der Waals surface area contributed by atoms with Crippen molar-refractivity contribution in [2.75, 3.05) is 13.1 Å². The van der Waals surface area contributed by atoms with Gasteiger partial charge in [0.05, 0.1) is 11.0 Å². The van der Waals surface area contributed by atoms with Crippen molar-refractivity contribution < 1.29 is 0 Å². The molecule has 0 radical (unpaired) electrons. The zero-order valence-corrected chi connectivity index (χ0v) is 10.5. The highest BCUT2D eigenvalue weighted by atomic mass is 15.0. The monoisotopic (exact) mass is 229 g/mol. The summed E-state index contributed by atoms with van der Waals surface area (Å²) in [6.07, 6.45) is 2.50. The number of hydrogen-bond acceptors (Lipinski definition) is 2. The molecular weight excluding hydrogens is 210 g/mol. The molecular formula is C14H19N3. The topological polar surface area (TPSA) is 29.9 Å². The van der Waals surface area contributed by atoms with Gasteiger partial charge in [-0.1, -0.05) is 6.07 Å². The van der Waals surface area contributed by atoms with Gasteiger partial charge in [0.1, 0.15) is 5.82 Å². The second kappa shape index (κ2) is 4.15. The number of aryl methyl sites for hydroxylation is 2. The Hall–Kier alpha value is -1.35. The van der Waals surface area contributed by atoms with Crippen LogP contribution in [-0.4, -0.2) is 22.6 Å². The average molecular weight is 229 g/mol. The summed E-state index contributed by atoms with van der Waals surface area (Å²) in [6.45, 7) is 4.40. The zero-order valence-electron chi connectivity index (χ0n) is 10.5. The van der Waals surface area contributed by atoms with E-state index < -0.39 is 0 Å². The molecule has 1 atom stereocenters. The fraction of sp³-hybridized carbons (Fsp3) is 0.500. The molecule has 0 aliphatic carbocycles. The van der Waals surface area contributed by atoms with Crippen molar-refractivity contribution in [3.8, 4) is 0 Å². The molecule has 1 unspecified atom stereocenters. The second-order valence-corrected chi connectivity index (χ2v) is 5.10. The maximum absolute atomic E-state index is 4.54. The molecule has 1 aromatic heterocycles. The van der Waals surface area contributed by atoms with E-state index in [4.69, 9.17) is 0 Å². The van der Waals surface area contributed by atoms with E-state index in [0.717, 1.165) is 17.3 Å². The molecule has 0 saturated carbocycles. The van der Waals surface area contributed by atoms with Gasteiger partial charge in [-0.05, 0) is 56.5 Å². The Morgan fingerprint density at radius 3 is 3.12 bits per heavy atom. The fourth-order valence-electron chi connectivity index (χ4n) is 2.70. The van der Waals surface area contributed by atoms with Crippen LogP contribution < -0.4 is 5.32 Å². The van der Waals surface area contributed by atoms with E-state index in [-0.39, 0.29) is 0 Å². The minimum atomic E-state index is 0.807. The first-order valence-corrected chi connectivity index (χ1v) is 6.37. The highest BCUT2D eigenvalue weighted by Crippen LogP contribution is 2.20. The Kier molecular flexibility index (Phi) is 2.63. The summed E-state index contributed by atoms with van der Waals surface area (Å²) >= 11 is 0. The van der Waals surface area contributed by atoms with E-state index in [9.17, 15) is 0 Å². The number of hydrogen-bond donors (Lipinski definition) is 1. The molecule has 1 aromatic carbocycles. The third-order valence-corrected chi connectivity index (χ3v) is 3.86. The normalized spacial score (nSPS) is 20.2. The number of nitrogens with zero attached hydrogens (tertiary/aromatic N) is 2. The Morgan fingerprint density at radius 1 is 1.47 bits per heavy atom. The standard InChI is InChI=1S/C14H19N3/c1-10-16-13-4-3-11(8-14(13)17(10)2)7-12-5-6-15-9-12/h3-4,8,12,15H,5-7,9H2,1-2H3. The maximum atomic E-state index is 4.54. The van der Waals surface area contributed by atoms with Gasteiger partial charge in [0.25, 0.3) is 0 Å². The van der Waals surface area contributed by atoms with Crippen LogP contribution in [-0.2, 0) is 13.5 Å². The van der Waals surface area contributed by atoms with Crippen molar-refractivity contribution in [2.24, 2.45) is 13.0 Å². The summed E-state index contributed by atoms with van der Waals surface area (Å²) in [7, 11) is 2.09. The molecule has 90 valence electrons. The highest BCUT2D eigenvalue weighted by molar-refractivity contribution is 5.76. The van der Waals surface area contributed by atoms with Gasteiger partial charge in [-0.3, -0.25) is 0 Å². The van der Waals surface area contributed by atoms with Gasteiger partial charge in [-0.2, -0.15) is 0 Å². The van der Waals surface area contributed by atoms with Crippen LogP contribution in [0.25, 0.3) is 11.0 Å². The van der Waals surface area contributed by atoms with Crippen LogP contribution in [0.5, 0.6) is 0 Å². The second-order valence-electron chi connectivity index (χ2n) is 5.10. The van der Waals surface area contributed by atoms with Crippen LogP contribution in [0.3, 0.4) is 0 Å². The summed E-state index contributed by atoms with van der Waals surface area (Å²) in [5, 5.41) is 3.43.